The fourth-order valence-corrected chi connectivity index (χ4v) is 6.34. The maximum atomic E-state index is 13.8. The zero-order valence-corrected chi connectivity index (χ0v) is 20.9. The van der Waals surface area contributed by atoms with Gasteiger partial charge in [0.1, 0.15) is 16.2 Å². The van der Waals surface area contributed by atoms with Gasteiger partial charge < -0.3 is 19.6 Å². The number of amides is 1. The second kappa shape index (κ2) is 9.78. The molecule has 2 aliphatic heterocycles. The standard InChI is InChI=1S/C26H29N5O4S/c32-15-3-8-28-9-11-30(12-10-28)25(34)22-23(33)18-6-7-21(29-13-16-35-17-14-29)27-24(18)31-19-4-1-2-5-20(19)36-26(22)31/h1-2,4-7,32H,3,8-17H2. The Bertz CT molecular complexity index is 1480. The van der Waals surface area contributed by atoms with Crippen molar-refractivity contribution in [3.63, 3.8) is 0 Å². The van der Waals surface area contributed by atoms with Gasteiger partial charge in [-0.1, -0.05) is 12.1 Å². The number of fused-ring (bicyclic) bond motifs is 5. The lowest BCUT2D eigenvalue weighted by molar-refractivity contribution is 0.0630. The summed E-state index contributed by atoms with van der Waals surface area (Å²) in [5, 5.41) is 9.57. The molecule has 2 fully saturated rings. The maximum Gasteiger partial charge on any atom is 0.260 e. The van der Waals surface area contributed by atoms with E-state index in [1.165, 1.54) is 11.3 Å². The van der Waals surface area contributed by atoms with Gasteiger partial charge in [0.15, 0.2) is 5.65 Å². The number of hydrogen-bond donors (Lipinski definition) is 1. The number of benzene rings is 1. The van der Waals surface area contributed by atoms with Crippen LogP contribution in [0, 0.1) is 0 Å². The molecule has 1 N–H and O–H groups in total. The first-order valence-electron chi connectivity index (χ1n) is 12.5. The molecular weight excluding hydrogens is 478 g/mol. The largest absolute Gasteiger partial charge is 0.396 e. The van der Waals surface area contributed by atoms with Gasteiger partial charge in [-0.25, -0.2) is 4.98 Å². The van der Waals surface area contributed by atoms with Crippen LogP contribution in [0.3, 0.4) is 0 Å². The van der Waals surface area contributed by atoms with Crippen LogP contribution in [0.25, 0.3) is 26.1 Å². The summed E-state index contributed by atoms with van der Waals surface area (Å²) < 4.78 is 8.49. The second-order valence-corrected chi connectivity index (χ2v) is 10.3. The predicted molar refractivity (Wildman–Crippen MR) is 141 cm³/mol. The lowest BCUT2D eigenvalue weighted by atomic mass is 10.1. The van der Waals surface area contributed by atoms with E-state index in [0.717, 1.165) is 55.2 Å². The first-order valence-corrected chi connectivity index (χ1v) is 13.3. The van der Waals surface area contributed by atoms with E-state index in [1.54, 1.807) is 4.90 Å². The van der Waals surface area contributed by atoms with Crippen molar-refractivity contribution in [1.82, 2.24) is 19.2 Å². The number of hydrogen-bond acceptors (Lipinski definition) is 8. The number of pyridine rings is 2. The average molecular weight is 508 g/mol. The second-order valence-electron chi connectivity index (χ2n) is 9.27. The minimum Gasteiger partial charge on any atom is -0.396 e. The number of nitrogens with zero attached hydrogens (tertiary/aromatic N) is 5. The zero-order chi connectivity index (χ0) is 24.6. The number of piperazine rings is 1. The Morgan fingerprint density at radius 1 is 1.03 bits per heavy atom. The monoisotopic (exact) mass is 507 g/mol. The van der Waals surface area contributed by atoms with Crippen molar-refractivity contribution in [1.29, 1.82) is 0 Å². The molecule has 4 aromatic rings. The molecule has 6 rings (SSSR count). The highest BCUT2D eigenvalue weighted by Gasteiger charge is 2.29. The Kier molecular flexibility index (Phi) is 6.34. The fourth-order valence-electron chi connectivity index (χ4n) is 5.16. The lowest BCUT2D eigenvalue weighted by Gasteiger charge is -2.34. The van der Waals surface area contributed by atoms with Crippen LogP contribution in [0.15, 0.2) is 41.2 Å². The van der Waals surface area contributed by atoms with Crippen molar-refractivity contribution in [2.75, 3.05) is 70.5 Å². The summed E-state index contributed by atoms with van der Waals surface area (Å²) in [6, 6.07) is 11.7. The minimum atomic E-state index is -0.259. The van der Waals surface area contributed by atoms with E-state index in [2.05, 4.69) is 9.80 Å². The molecule has 0 unspecified atom stereocenters. The van der Waals surface area contributed by atoms with Gasteiger partial charge in [-0.15, -0.1) is 11.3 Å². The Morgan fingerprint density at radius 2 is 1.81 bits per heavy atom. The van der Waals surface area contributed by atoms with Crippen LogP contribution in [0.5, 0.6) is 0 Å². The molecule has 0 aliphatic carbocycles. The molecule has 1 aromatic carbocycles. The van der Waals surface area contributed by atoms with Gasteiger partial charge in [0.05, 0.1) is 28.8 Å². The summed E-state index contributed by atoms with van der Waals surface area (Å²) in [5.41, 5.74) is 1.50. The number of morpholine rings is 1. The van der Waals surface area contributed by atoms with Gasteiger partial charge in [-0.2, -0.15) is 0 Å². The summed E-state index contributed by atoms with van der Waals surface area (Å²) in [6.07, 6.45) is 0.724. The van der Waals surface area contributed by atoms with Crippen LogP contribution in [-0.4, -0.2) is 95.8 Å². The van der Waals surface area contributed by atoms with Gasteiger partial charge in [0.25, 0.3) is 5.91 Å². The van der Waals surface area contributed by atoms with Crippen molar-refractivity contribution < 1.29 is 14.6 Å². The first kappa shape index (κ1) is 23.4. The molecule has 1 amide bonds. The number of anilines is 1. The SMILES string of the molecule is O=C(c1c(=O)c2ccc(N3CCOCC3)nc2n2c1sc1ccccc12)N1CCN(CCCO)CC1. The third kappa shape index (κ3) is 4.03. The molecule has 9 nitrogen and oxygen atoms in total. The molecule has 10 heteroatoms. The molecule has 188 valence electrons. The van der Waals surface area contributed by atoms with Crippen LogP contribution in [0.2, 0.25) is 0 Å². The molecule has 0 spiro atoms. The number of thiazole rings is 1. The molecule has 2 aliphatic rings. The van der Waals surface area contributed by atoms with Crippen molar-refractivity contribution in [3.05, 3.63) is 52.2 Å². The van der Waals surface area contributed by atoms with Gasteiger partial charge >= 0.3 is 0 Å². The fraction of sp³-hybridized carbons (Fsp3) is 0.423. The van der Waals surface area contributed by atoms with E-state index in [0.29, 0.717) is 42.2 Å². The van der Waals surface area contributed by atoms with Crippen molar-refractivity contribution in [3.8, 4) is 0 Å². The van der Waals surface area contributed by atoms with Gasteiger partial charge in [-0.3, -0.25) is 18.9 Å². The van der Waals surface area contributed by atoms with Crippen LogP contribution >= 0.6 is 11.3 Å². The van der Waals surface area contributed by atoms with E-state index >= 15 is 0 Å². The Labute approximate surface area is 212 Å². The maximum absolute atomic E-state index is 13.8. The molecule has 5 heterocycles. The van der Waals surface area contributed by atoms with E-state index in [9.17, 15) is 9.59 Å². The number of carbonyl (C=O) groups is 1. The van der Waals surface area contributed by atoms with E-state index in [-0.39, 0.29) is 23.5 Å². The third-order valence-electron chi connectivity index (χ3n) is 7.11. The number of aliphatic hydroxyl groups excluding tert-OH is 1. The molecule has 0 radical (unpaired) electrons. The molecule has 0 saturated carbocycles. The molecule has 36 heavy (non-hydrogen) atoms. The topological polar surface area (TPSA) is 90.6 Å². The minimum absolute atomic E-state index is 0.165. The normalized spacial score (nSPS) is 17.5. The van der Waals surface area contributed by atoms with Crippen LogP contribution in [-0.2, 0) is 4.74 Å². The number of aromatic nitrogens is 2. The van der Waals surface area contributed by atoms with Crippen LogP contribution in [0.4, 0.5) is 5.82 Å². The van der Waals surface area contributed by atoms with E-state index in [4.69, 9.17) is 14.8 Å². The predicted octanol–water partition coefficient (Wildman–Crippen LogP) is 2.04. The van der Waals surface area contributed by atoms with Gasteiger partial charge in [0.2, 0.25) is 5.43 Å². The summed E-state index contributed by atoms with van der Waals surface area (Å²) in [4.78, 5) is 39.4. The third-order valence-corrected chi connectivity index (χ3v) is 8.26. The Morgan fingerprint density at radius 3 is 2.58 bits per heavy atom. The lowest BCUT2D eigenvalue weighted by Crippen LogP contribution is -2.49. The molecular formula is C26H29N5O4S. The summed E-state index contributed by atoms with van der Waals surface area (Å²) in [5.74, 6) is 0.595. The van der Waals surface area contributed by atoms with Gasteiger partial charge in [0, 0.05) is 52.4 Å². The number of carbonyl (C=O) groups excluding carboxylic acids is 1. The number of ether oxygens (including phenoxy) is 1. The molecule has 0 atom stereocenters. The zero-order valence-electron chi connectivity index (χ0n) is 20.1. The molecule has 3 aromatic heterocycles. The van der Waals surface area contributed by atoms with Crippen LogP contribution < -0.4 is 10.3 Å². The quantitative estimate of drug-likeness (QED) is 0.442. The summed E-state index contributed by atoms with van der Waals surface area (Å²) in [7, 11) is 0. The van der Waals surface area contributed by atoms with Crippen LogP contribution in [0.1, 0.15) is 16.8 Å². The first-order chi connectivity index (χ1) is 17.7. The number of aliphatic hydroxyl groups is 1. The van der Waals surface area contributed by atoms with Crippen molar-refractivity contribution in [2.45, 2.75) is 6.42 Å². The summed E-state index contributed by atoms with van der Waals surface area (Å²) >= 11 is 1.47. The highest BCUT2D eigenvalue weighted by molar-refractivity contribution is 7.24. The number of rotatable bonds is 5. The molecule has 0 bridgehead atoms. The van der Waals surface area contributed by atoms with Crippen molar-refractivity contribution in [2.24, 2.45) is 0 Å². The molecule has 2 saturated heterocycles. The van der Waals surface area contributed by atoms with Gasteiger partial charge in [-0.05, 0) is 30.7 Å². The van der Waals surface area contributed by atoms with Crippen molar-refractivity contribution >= 4 is 49.1 Å². The average Bonchev–Trinajstić information content (AvgIpc) is 3.31. The van der Waals surface area contributed by atoms with E-state index in [1.807, 2.05) is 40.8 Å². The highest BCUT2D eigenvalue weighted by Crippen LogP contribution is 2.32. The Balaban J connectivity index is 1.47. The smallest absolute Gasteiger partial charge is 0.260 e. The highest BCUT2D eigenvalue weighted by atomic mass is 32.1. The number of para-hydroxylation sites is 1. The Hall–Kier alpha value is -3.05. The summed E-state index contributed by atoms with van der Waals surface area (Å²) in [6.45, 7) is 6.38. The van der Waals surface area contributed by atoms with E-state index < -0.39 is 0 Å².